The number of sulfonamides is 1. The Hall–Kier alpha value is -2.58. The molecule has 1 fully saturated rings. The molecule has 0 bridgehead atoms. The molecule has 34 heavy (non-hydrogen) atoms. The first kappa shape index (κ1) is 26.0. The van der Waals surface area contributed by atoms with Crippen LogP contribution in [0, 0.1) is 6.92 Å². The second-order valence-corrected chi connectivity index (χ2v) is 11.3. The summed E-state index contributed by atoms with van der Waals surface area (Å²) < 4.78 is 26.2. The van der Waals surface area contributed by atoms with Gasteiger partial charge in [-0.1, -0.05) is 60.3 Å². The van der Waals surface area contributed by atoms with Crippen molar-refractivity contribution in [1.29, 1.82) is 0 Å². The van der Waals surface area contributed by atoms with E-state index in [-0.39, 0.29) is 18.5 Å². The molecule has 9 heteroatoms. The van der Waals surface area contributed by atoms with Crippen molar-refractivity contribution in [2.45, 2.75) is 58.2 Å². The van der Waals surface area contributed by atoms with Crippen molar-refractivity contribution in [3.8, 4) is 0 Å². The zero-order valence-corrected chi connectivity index (χ0v) is 21.4. The number of halogens is 1. The molecule has 0 spiro atoms. The normalized spacial score (nSPS) is 15.1. The van der Waals surface area contributed by atoms with Crippen molar-refractivity contribution in [1.82, 2.24) is 10.2 Å². The van der Waals surface area contributed by atoms with Crippen LogP contribution in [0.2, 0.25) is 5.02 Å². The molecule has 0 unspecified atom stereocenters. The van der Waals surface area contributed by atoms with Gasteiger partial charge in [-0.2, -0.15) is 0 Å². The number of carbonyl (C=O) groups is 2. The Labute approximate surface area is 207 Å². The van der Waals surface area contributed by atoms with Gasteiger partial charge in [-0.15, -0.1) is 0 Å². The Bertz CT molecular complexity index is 1130. The average Bonchev–Trinajstić information content (AvgIpc) is 3.27. The first-order valence-electron chi connectivity index (χ1n) is 11.4. The highest BCUT2D eigenvalue weighted by atomic mass is 35.5. The third kappa shape index (κ3) is 6.96. The Morgan fingerprint density at radius 3 is 2.41 bits per heavy atom. The fourth-order valence-corrected chi connectivity index (χ4v) is 5.25. The van der Waals surface area contributed by atoms with Crippen LogP contribution < -0.4 is 9.62 Å². The standard InChI is InChI=1S/C25H32ClN3O4S/c1-18-8-6-9-20(14-18)16-28(19(2)25(31)27-22-11-4-5-12-22)24(30)17-29(34(3,32)33)23-13-7-10-21(26)15-23/h6-10,13-15,19,22H,4-5,11-12,16-17H2,1-3H3,(H,27,31)/t19-/m1/s1. The molecule has 1 aliphatic carbocycles. The summed E-state index contributed by atoms with van der Waals surface area (Å²) in [7, 11) is -3.78. The Kier molecular flexibility index (Phi) is 8.60. The van der Waals surface area contributed by atoms with Gasteiger partial charge in [-0.25, -0.2) is 8.42 Å². The summed E-state index contributed by atoms with van der Waals surface area (Å²) in [4.78, 5) is 28.0. The van der Waals surface area contributed by atoms with Gasteiger partial charge in [0.25, 0.3) is 0 Å². The van der Waals surface area contributed by atoms with Crippen molar-refractivity contribution >= 4 is 39.1 Å². The van der Waals surface area contributed by atoms with Gasteiger partial charge >= 0.3 is 0 Å². The Balaban J connectivity index is 1.88. The minimum Gasteiger partial charge on any atom is -0.352 e. The third-order valence-electron chi connectivity index (χ3n) is 6.08. The lowest BCUT2D eigenvalue weighted by molar-refractivity contribution is -0.139. The molecule has 7 nitrogen and oxygen atoms in total. The lowest BCUT2D eigenvalue weighted by atomic mass is 10.1. The second kappa shape index (κ2) is 11.2. The predicted octanol–water partition coefficient (Wildman–Crippen LogP) is 3.89. The highest BCUT2D eigenvalue weighted by Gasteiger charge is 2.31. The maximum atomic E-state index is 13.5. The molecule has 0 heterocycles. The zero-order valence-electron chi connectivity index (χ0n) is 19.8. The SMILES string of the molecule is Cc1cccc(CN(C(=O)CN(c2cccc(Cl)c2)S(C)(=O)=O)[C@H](C)C(=O)NC2CCCC2)c1. The van der Waals surface area contributed by atoms with Gasteiger partial charge < -0.3 is 10.2 Å². The largest absolute Gasteiger partial charge is 0.352 e. The van der Waals surface area contributed by atoms with Gasteiger partial charge in [0.15, 0.2) is 0 Å². The second-order valence-electron chi connectivity index (χ2n) is 8.93. The van der Waals surface area contributed by atoms with E-state index in [0.29, 0.717) is 10.7 Å². The van der Waals surface area contributed by atoms with E-state index in [1.54, 1.807) is 25.1 Å². The van der Waals surface area contributed by atoms with Gasteiger partial charge in [0.05, 0.1) is 11.9 Å². The highest BCUT2D eigenvalue weighted by molar-refractivity contribution is 7.92. The van der Waals surface area contributed by atoms with Crippen molar-refractivity contribution in [2.75, 3.05) is 17.1 Å². The van der Waals surface area contributed by atoms with E-state index < -0.39 is 28.5 Å². The summed E-state index contributed by atoms with van der Waals surface area (Å²) in [5.74, 6) is -0.706. The van der Waals surface area contributed by atoms with E-state index in [2.05, 4.69) is 5.32 Å². The van der Waals surface area contributed by atoms with E-state index >= 15 is 0 Å². The number of rotatable bonds is 9. The minimum absolute atomic E-state index is 0.116. The number of aryl methyl sites for hydroxylation is 1. The molecule has 2 amide bonds. The van der Waals surface area contributed by atoms with Gasteiger partial charge in [0.1, 0.15) is 12.6 Å². The number of nitrogens with zero attached hydrogens (tertiary/aromatic N) is 2. The molecular weight excluding hydrogens is 474 g/mol. The third-order valence-corrected chi connectivity index (χ3v) is 7.46. The van der Waals surface area contributed by atoms with E-state index in [1.165, 1.54) is 11.0 Å². The number of hydrogen-bond donors (Lipinski definition) is 1. The van der Waals surface area contributed by atoms with E-state index in [9.17, 15) is 18.0 Å². The molecule has 2 aromatic carbocycles. The quantitative estimate of drug-likeness (QED) is 0.560. The maximum Gasteiger partial charge on any atom is 0.244 e. The fourth-order valence-electron chi connectivity index (χ4n) is 4.23. The summed E-state index contributed by atoms with van der Waals surface area (Å²) in [5, 5.41) is 3.41. The highest BCUT2D eigenvalue weighted by Crippen LogP contribution is 2.23. The number of benzene rings is 2. The molecule has 3 rings (SSSR count). The maximum absolute atomic E-state index is 13.5. The number of hydrogen-bond acceptors (Lipinski definition) is 4. The van der Waals surface area contributed by atoms with Gasteiger partial charge in [0, 0.05) is 17.6 Å². The molecular formula is C25H32ClN3O4S. The summed E-state index contributed by atoms with van der Waals surface area (Å²) in [5.41, 5.74) is 2.19. The molecule has 0 aliphatic heterocycles. The van der Waals surface area contributed by atoms with Crippen LogP contribution in [0.4, 0.5) is 5.69 Å². The molecule has 0 saturated heterocycles. The van der Waals surface area contributed by atoms with Crippen molar-refractivity contribution in [3.05, 3.63) is 64.7 Å². The Morgan fingerprint density at radius 1 is 1.12 bits per heavy atom. The summed E-state index contributed by atoms with van der Waals surface area (Å²) in [6, 6.07) is 13.4. The van der Waals surface area contributed by atoms with Crippen molar-refractivity contribution < 1.29 is 18.0 Å². The van der Waals surface area contributed by atoms with Crippen LogP contribution in [0.1, 0.15) is 43.7 Å². The minimum atomic E-state index is -3.78. The number of amides is 2. The molecule has 1 aliphatic rings. The topological polar surface area (TPSA) is 86.8 Å². The van der Waals surface area contributed by atoms with E-state index in [0.717, 1.165) is 47.4 Å². The van der Waals surface area contributed by atoms with Crippen LogP contribution in [0.5, 0.6) is 0 Å². The van der Waals surface area contributed by atoms with E-state index in [1.807, 2.05) is 31.2 Å². The number of carbonyl (C=O) groups excluding carboxylic acids is 2. The van der Waals surface area contributed by atoms with Crippen LogP contribution in [-0.4, -0.2) is 50.0 Å². The monoisotopic (exact) mass is 505 g/mol. The molecule has 0 aromatic heterocycles. The number of anilines is 1. The van der Waals surface area contributed by atoms with Crippen LogP contribution in [0.15, 0.2) is 48.5 Å². The van der Waals surface area contributed by atoms with Crippen molar-refractivity contribution in [2.24, 2.45) is 0 Å². The summed E-state index contributed by atoms with van der Waals surface area (Å²) in [6.07, 6.45) is 5.06. The molecule has 1 atom stereocenters. The molecule has 184 valence electrons. The lowest BCUT2D eigenvalue weighted by Gasteiger charge is -2.32. The number of nitrogens with one attached hydrogen (secondary N) is 1. The van der Waals surface area contributed by atoms with Crippen LogP contribution in [0.3, 0.4) is 0 Å². The zero-order chi connectivity index (χ0) is 24.9. The molecule has 2 aromatic rings. The smallest absolute Gasteiger partial charge is 0.244 e. The Morgan fingerprint density at radius 2 is 1.79 bits per heavy atom. The van der Waals surface area contributed by atoms with Crippen LogP contribution >= 0.6 is 11.6 Å². The van der Waals surface area contributed by atoms with Crippen LogP contribution in [-0.2, 0) is 26.2 Å². The molecule has 0 radical (unpaired) electrons. The molecule has 1 N–H and O–H groups in total. The average molecular weight is 506 g/mol. The summed E-state index contributed by atoms with van der Waals surface area (Å²) >= 11 is 6.06. The predicted molar refractivity (Wildman–Crippen MR) is 135 cm³/mol. The first-order valence-corrected chi connectivity index (χ1v) is 13.7. The van der Waals surface area contributed by atoms with Gasteiger partial charge in [-0.05, 0) is 50.5 Å². The van der Waals surface area contributed by atoms with E-state index in [4.69, 9.17) is 11.6 Å². The van der Waals surface area contributed by atoms with Crippen LogP contribution in [0.25, 0.3) is 0 Å². The molecule has 1 saturated carbocycles. The first-order chi connectivity index (χ1) is 16.0. The lowest BCUT2D eigenvalue weighted by Crippen LogP contribution is -2.52. The summed E-state index contributed by atoms with van der Waals surface area (Å²) in [6.45, 7) is 3.39. The van der Waals surface area contributed by atoms with Crippen molar-refractivity contribution in [3.63, 3.8) is 0 Å². The fraction of sp³-hybridized carbons (Fsp3) is 0.440. The van der Waals surface area contributed by atoms with Gasteiger partial charge in [-0.3, -0.25) is 13.9 Å². The van der Waals surface area contributed by atoms with Gasteiger partial charge in [0.2, 0.25) is 21.8 Å².